The molecule has 0 aliphatic heterocycles. The lowest BCUT2D eigenvalue weighted by Gasteiger charge is -2.26. The van der Waals surface area contributed by atoms with Crippen molar-refractivity contribution in [3.05, 3.63) is 42.1 Å². The molecule has 0 spiro atoms. The number of hydrogen-bond donors (Lipinski definition) is 0. The van der Waals surface area contributed by atoms with Crippen molar-refractivity contribution in [1.29, 1.82) is 0 Å². The molecule has 112 valence electrons. The fourth-order valence-corrected chi connectivity index (χ4v) is 3.23. The number of aromatic nitrogens is 1. The number of rotatable bonds is 3. The van der Waals surface area contributed by atoms with E-state index < -0.39 is 5.92 Å². The molecular weight excluding hydrogens is 278 g/mol. The van der Waals surface area contributed by atoms with Gasteiger partial charge in [0.25, 0.3) is 0 Å². The lowest BCUT2D eigenvalue weighted by atomic mass is 9.74. The van der Waals surface area contributed by atoms with Crippen LogP contribution >= 0.6 is 0 Å². The third-order valence-corrected chi connectivity index (χ3v) is 4.33. The molecule has 1 aliphatic rings. The molecule has 0 radical (unpaired) electrons. The van der Waals surface area contributed by atoms with Gasteiger partial charge in [0.1, 0.15) is 5.92 Å². The van der Waals surface area contributed by atoms with E-state index >= 15 is 0 Å². The number of pyridine rings is 1. The average Bonchev–Trinajstić information content (AvgIpc) is 2.53. The molecule has 1 aromatic heterocycles. The van der Waals surface area contributed by atoms with Crippen LogP contribution in [0.15, 0.2) is 36.5 Å². The minimum absolute atomic E-state index is 0.159. The van der Waals surface area contributed by atoms with Gasteiger partial charge in [-0.05, 0) is 23.6 Å². The van der Waals surface area contributed by atoms with Gasteiger partial charge in [-0.1, -0.05) is 25.1 Å². The second kappa shape index (κ2) is 5.79. The highest BCUT2D eigenvalue weighted by Gasteiger charge is 2.39. The van der Waals surface area contributed by atoms with Gasteiger partial charge in [0.05, 0.1) is 5.52 Å². The normalized spacial score (nSPS) is 22.0. The van der Waals surface area contributed by atoms with Crippen molar-refractivity contribution in [1.82, 2.24) is 4.98 Å². The van der Waals surface area contributed by atoms with Gasteiger partial charge in [-0.2, -0.15) is 0 Å². The Morgan fingerprint density at radius 3 is 2.50 bits per heavy atom. The van der Waals surface area contributed by atoms with E-state index in [4.69, 9.17) is 0 Å². The summed E-state index contributed by atoms with van der Waals surface area (Å²) in [7, 11) is 0. The molecular formula is C18H17NO3. The van der Waals surface area contributed by atoms with E-state index in [2.05, 4.69) is 4.98 Å². The SMILES string of the molecule is CCC(=O)C1C(=O)CC(c2ccnc3ccccc23)CC1=O. The first-order chi connectivity index (χ1) is 10.6. The second-order valence-corrected chi connectivity index (χ2v) is 5.71. The van der Waals surface area contributed by atoms with E-state index in [1.807, 2.05) is 30.3 Å². The highest BCUT2D eigenvalue weighted by Crippen LogP contribution is 2.35. The number of nitrogens with zero attached hydrogens (tertiary/aromatic N) is 1. The molecule has 22 heavy (non-hydrogen) atoms. The van der Waals surface area contributed by atoms with Gasteiger partial charge in [0.15, 0.2) is 17.3 Å². The Hall–Kier alpha value is -2.36. The third-order valence-electron chi connectivity index (χ3n) is 4.33. The van der Waals surface area contributed by atoms with Gasteiger partial charge in [-0.3, -0.25) is 19.4 Å². The van der Waals surface area contributed by atoms with Crippen molar-refractivity contribution < 1.29 is 14.4 Å². The lowest BCUT2D eigenvalue weighted by molar-refractivity contribution is -0.142. The summed E-state index contributed by atoms with van der Waals surface area (Å²) in [6.07, 6.45) is 2.42. The van der Waals surface area contributed by atoms with Crippen LogP contribution in [0.5, 0.6) is 0 Å². The maximum atomic E-state index is 12.3. The van der Waals surface area contributed by atoms with Crippen molar-refractivity contribution in [2.24, 2.45) is 5.92 Å². The number of Topliss-reactive ketones (excluding diaryl/α,β-unsaturated/α-hetero) is 3. The van der Waals surface area contributed by atoms with Crippen molar-refractivity contribution in [2.75, 3.05) is 0 Å². The smallest absolute Gasteiger partial charge is 0.151 e. The molecule has 1 fully saturated rings. The zero-order chi connectivity index (χ0) is 15.7. The predicted molar refractivity (Wildman–Crippen MR) is 82.5 cm³/mol. The van der Waals surface area contributed by atoms with Crippen LogP contribution in [0, 0.1) is 5.92 Å². The Kier molecular flexibility index (Phi) is 3.84. The number of benzene rings is 1. The molecule has 0 unspecified atom stereocenters. The minimum Gasteiger partial charge on any atom is -0.298 e. The Bertz CT molecular complexity index is 743. The van der Waals surface area contributed by atoms with Gasteiger partial charge in [0.2, 0.25) is 0 Å². The highest BCUT2D eigenvalue weighted by molar-refractivity contribution is 6.21. The summed E-state index contributed by atoms with van der Waals surface area (Å²) in [5.74, 6) is -1.93. The summed E-state index contributed by atoms with van der Waals surface area (Å²) in [6, 6.07) is 9.57. The molecule has 0 bridgehead atoms. The zero-order valence-corrected chi connectivity index (χ0v) is 12.4. The molecule has 1 saturated carbocycles. The molecule has 4 heteroatoms. The summed E-state index contributed by atoms with van der Waals surface area (Å²) in [5.41, 5.74) is 1.82. The Balaban J connectivity index is 1.96. The fourth-order valence-electron chi connectivity index (χ4n) is 3.23. The highest BCUT2D eigenvalue weighted by atomic mass is 16.2. The van der Waals surface area contributed by atoms with Gasteiger partial charge < -0.3 is 0 Å². The maximum absolute atomic E-state index is 12.3. The molecule has 2 aromatic rings. The summed E-state index contributed by atoms with van der Waals surface area (Å²) in [6.45, 7) is 1.69. The molecule has 1 aromatic carbocycles. The summed E-state index contributed by atoms with van der Waals surface area (Å²) < 4.78 is 0. The second-order valence-electron chi connectivity index (χ2n) is 5.71. The van der Waals surface area contributed by atoms with Gasteiger partial charge in [0, 0.05) is 30.8 Å². The molecule has 0 atom stereocenters. The summed E-state index contributed by atoms with van der Waals surface area (Å²) in [5, 5.41) is 0.968. The zero-order valence-electron chi connectivity index (χ0n) is 12.4. The molecule has 3 rings (SSSR count). The first-order valence-corrected chi connectivity index (χ1v) is 7.53. The van der Waals surface area contributed by atoms with Crippen molar-refractivity contribution in [3.63, 3.8) is 0 Å². The standard InChI is InChI=1S/C18H17NO3/c1-2-15(20)18-16(21)9-11(10-17(18)22)12-7-8-19-14-6-4-3-5-13(12)14/h3-8,11,18H,2,9-10H2,1H3. The number of fused-ring (bicyclic) bond motifs is 1. The van der Waals surface area contributed by atoms with Gasteiger partial charge in [-0.25, -0.2) is 0 Å². The molecule has 0 N–H and O–H groups in total. The number of para-hydroxylation sites is 1. The number of ketones is 3. The topological polar surface area (TPSA) is 64.1 Å². The Labute approximate surface area is 128 Å². The Morgan fingerprint density at radius 2 is 1.82 bits per heavy atom. The molecule has 0 amide bonds. The molecule has 0 saturated heterocycles. The fraction of sp³-hybridized carbons (Fsp3) is 0.333. The number of carbonyl (C=O) groups is 3. The van der Waals surface area contributed by atoms with Crippen LogP contribution in [0.25, 0.3) is 10.9 Å². The van der Waals surface area contributed by atoms with Crippen LogP contribution in [-0.4, -0.2) is 22.3 Å². The molecule has 1 heterocycles. The Morgan fingerprint density at radius 1 is 1.14 bits per heavy atom. The quantitative estimate of drug-likeness (QED) is 0.817. The first-order valence-electron chi connectivity index (χ1n) is 7.53. The minimum atomic E-state index is -1.03. The summed E-state index contributed by atoms with van der Waals surface area (Å²) in [4.78, 5) is 40.6. The molecule has 4 nitrogen and oxygen atoms in total. The monoisotopic (exact) mass is 295 g/mol. The lowest BCUT2D eigenvalue weighted by Crippen LogP contribution is -2.37. The average molecular weight is 295 g/mol. The first kappa shape index (κ1) is 14.6. The van der Waals surface area contributed by atoms with E-state index in [9.17, 15) is 14.4 Å². The van der Waals surface area contributed by atoms with Crippen molar-refractivity contribution in [2.45, 2.75) is 32.1 Å². The van der Waals surface area contributed by atoms with Crippen LogP contribution in [0.2, 0.25) is 0 Å². The van der Waals surface area contributed by atoms with E-state index in [-0.39, 0.29) is 42.5 Å². The van der Waals surface area contributed by atoms with Gasteiger partial charge >= 0.3 is 0 Å². The van der Waals surface area contributed by atoms with Crippen LogP contribution in [0.4, 0.5) is 0 Å². The van der Waals surface area contributed by atoms with Crippen molar-refractivity contribution in [3.8, 4) is 0 Å². The van der Waals surface area contributed by atoms with Crippen LogP contribution in [-0.2, 0) is 14.4 Å². The van der Waals surface area contributed by atoms with Gasteiger partial charge in [-0.15, -0.1) is 0 Å². The molecule has 1 aliphatic carbocycles. The third kappa shape index (κ3) is 2.45. The van der Waals surface area contributed by atoms with Crippen LogP contribution in [0.3, 0.4) is 0 Å². The van der Waals surface area contributed by atoms with Crippen LogP contribution in [0.1, 0.15) is 37.7 Å². The predicted octanol–water partition coefficient (Wildman–Crippen LogP) is 2.85. The van der Waals surface area contributed by atoms with E-state index in [1.165, 1.54) is 0 Å². The van der Waals surface area contributed by atoms with E-state index in [0.29, 0.717) is 0 Å². The van der Waals surface area contributed by atoms with Crippen LogP contribution < -0.4 is 0 Å². The largest absolute Gasteiger partial charge is 0.298 e. The van der Waals surface area contributed by atoms with E-state index in [1.54, 1.807) is 13.1 Å². The maximum Gasteiger partial charge on any atom is 0.151 e. The van der Waals surface area contributed by atoms with E-state index in [0.717, 1.165) is 16.5 Å². The number of hydrogen-bond acceptors (Lipinski definition) is 4. The van der Waals surface area contributed by atoms with Crippen molar-refractivity contribution >= 4 is 28.3 Å². The summed E-state index contributed by atoms with van der Waals surface area (Å²) >= 11 is 0. The number of carbonyl (C=O) groups excluding carboxylic acids is 3.